The Morgan fingerprint density at radius 2 is 1.23 bits per heavy atom. The predicted octanol–water partition coefficient (Wildman–Crippen LogP) is -2.30. The Hall–Kier alpha value is -3.93. The Morgan fingerprint density at radius 1 is 0.702 bits per heavy atom. The zero-order valence-electron chi connectivity index (χ0n) is 28.1. The number of carbonyl (C=O) groups excluding carboxylic acids is 7. The molecule has 0 aromatic carbocycles. The highest BCUT2D eigenvalue weighted by Gasteiger charge is 2.31. The zero-order valence-corrected chi connectivity index (χ0v) is 29.0. The van der Waals surface area contributed by atoms with E-state index in [4.69, 9.17) is 11.5 Å². The third kappa shape index (κ3) is 17.5. The third-order valence-electron chi connectivity index (χ3n) is 6.80. The van der Waals surface area contributed by atoms with Gasteiger partial charge in [0.05, 0.1) is 12.6 Å². The summed E-state index contributed by atoms with van der Waals surface area (Å²) in [6, 6.07) is -6.69. The van der Waals surface area contributed by atoms with Crippen LogP contribution in [-0.4, -0.2) is 107 Å². The molecular formula is C29H52N8O9S. The number of carboxylic acids is 1. The standard InChI is InChI=1S/C29H52N8O9S/c1-14(2)12-20(28(44)34-16(5)24(40)32-13-22(39)37-23(15(3)4)29(45)46)36-27(43)19(8-9-21(31)38)35-25(41)17(6)33-26(42)18(30)10-11-47-7/h14-20,23H,8-13,30H2,1-7H3,(H2,31,38)(H,32,40)(H,33,42)(H,34,44)(H,35,41)(H,36,43)(H,37,39)(H,45,46)/t16-,17-,18-,19-,20-,23-/m0/s1. The molecule has 0 radical (unpaired) electrons. The number of primary amides is 1. The molecule has 0 aromatic heterocycles. The Bertz CT molecular complexity index is 1120. The maximum absolute atomic E-state index is 13.3. The highest BCUT2D eigenvalue weighted by Crippen LogP contribution is 2.08. The SMILES string of the molecule is CSCC[C@H](N)C(=O)N[C@@H](C)C(=O)N[C@@H](CCC(N)=O)C(=O)N[C@@H](CC(C)C)C(=O)N[C@@H](C)C(=O)NCC(=O)N[C@H](C(=O)O)C(C)C. The number of thioether (sulfide) groups is 1. The molecule has 0 spiro atoms. The maximum atomic E-state index is 13.3. The molecule has 0 aliphatic heterocycles. The van der Waals surface area contributed by atoms with Crippen molar-refractivity contribution >= 4 is 59.1 Å². The molecule has 47 heavy (non-hydrogen) atoms. The molecule has 0 saturated carbocycles. The molecule has 0 bridgehead atoms. The summed E-state index contributed by atoms with van der Waals surface area (Å²) in [6.07, 6.45) is 1.93. The van der Waals surface area contributed by atoms with Crippen LogP contribution in [0.25, 0.3) is 0 Å². The molecule has 0 fully saturated rings. The second kappa shape index (κ2) is 21.8. The van der Waals surface area contributed by atoms with Gasteiger partial charge in [-0.15, -0.1) is 0 Å². The van der Waals surface area contributed by atoms with Crippen molar-refractivity contribution in [3.8, 4) is 0 Å². The zero-order chi connectivity index (χ0) is 36.4. The molecule has 0 heterocycles. The number of nitrogens with two attached hydrogens (primary N) is 2. The second-order valence-electron chi connectivity index (χ2n) is 12.0. The first kappa shape index (κ1) is 43.1. The number of nitrogens with one attached hydrogen (secondary N) is 6. The van der Waals surface area contributed by atoms with Gasteiger partial charge in [0, 0.05) is 6.42 Å². The lowest BCUT2D eigenvalue weighted by Crippen LogP contribution is -2.58. The van der Waals surface area contributed by atoms with Crippen molar-refractivity contribution in [2.45, 2.75) is 103 Å². The van der Waals surface area contributed by atoms with Crippen LogP contribution in [0.4, 0.5) is 0 Å². The van der Waals surface area contributed by atoms with Gasteiger partial charge in [-0.2, -0.15) is 11.8 Å². The summed E-state index contributed by atoms with van der Waals surface area (Å²) < 4.78 is 0. The van der Waals surface area contributed by atoms with E-state index < -0.39 is 96.0 Å². The van der Waals surface area contributed by atoms with Crippen LogP contribution in [0, 0.1) is 11.8 Å². The van der Waals surface area contributed by atoms with Crippen LogP contribution < -0.4 is 43.4 Å². The Labute approximate surface area is 279 Å². The molecule has 6 atom stereocenters. The molecule has 0 aromatic rings. The maximum Gasteiger partial charge on any atom is 0.326 e. The van der Waals surface area contributed by atoms with Crippen LogP contribution in [0.5, 0.6) is 0 Å². The summed E-state index contributed by atoms with van der Waals surface area (Å²) in [5.41, 5.74) is 11.1. The summed E-state index contributed by atoms with van der Waals surface area (Å²) in [4.78, 5) is 99.2. The van der Waals surface area contributed by atoms with Crippen molar-refractivity contribution in [3.05, 3.63) is 0 Å². The first-order valence-corrected chi connectivity index (χ1v) is 16.7. The molecule has 0 aliphatic carbocycles. The van der Waals surface area contributed by atoms with E-state index >= 15 is 0 Å². The summed E-state index contributed by atoms with van der Waals surface area (Å²) in [7, 11) is 0. The molecule has 7 amide bonds. The van der Waals surface area contributed by atoms with Gasteiger partial charge < -0.3 is 48.5 Å². The quantitative estimate of drug-likeness (QED) is 0.0583. The molecule has 18 heteroatoms. The van der Waals surface area contributed by atoms with E-state index in [1.54, 1.807) is 27.7 Å². The normalized spacial score (nSPS) is 14.9. The van der Waals surface area contributed by atoms with Crippen molar-refractivity contribution in [1.29, 1.82) is 0 Å². The van der Waals surface area contributed by atoms with Crippen molar-refractivity contribution in [2.24, 2.45) is 23.3 Å². The lowest BCUT2D eigenvalue weighted by Gasteiger charge is -2.26. The number of aliphatic carboxylic acids is 1. The first-order valence-electron chi connectivity index (χ1n) is 15.3. The minimum absolute atomic E-state index is 0.105. The lowest BCUT2D eigenvalue weighted by molar-refractivity contribution is -0.143. The molecule has 17 nitrogen and oxygen atoms in total. The van der Waals surface area contributed by atoms with Crippen LogP contribution in [0.3, 0.4) is 0 Å². The monoisotopic (exact) mass is 688 g/mol. The predicted molar refractivity (Wildman–Crippen MR) is 175 cm³/mol. The molecule has 0 saturated heterocycles. The summed E-state index contributed by atoms with van der Waals surface area (Å²) in [5, 5.41) is 23.9. The van der Waals surface area contributed by atoms with E-state index in [0.29, 0.717) is 12.2 Å². The molecule has 0 aliphatic rings. The topological polar surface area (TPSA) is 281 Å². The van der Waals surface area contributed by atoms with Gasteiger partial charge in [0.2, 0.25) is 41.4 Å². The number of hydrogen-bond acceptors (Lipinski definition) is 10. The Kier molecular flexibility index (Phi) is 20.0. The fourth-order valence-corrected chi connectivity index (χ4v) is 4.52. The van der Waals surface area contributed by atoms with Crippen LogP contribution >= 0.6 is 11.8 Å². The van der Waals surface area contributed by atoms with Crippen LogP contribution in [0.15, 0.2) is 0 Å². The number of rotatable bonds is 22. The molecule has 268 valence electrons. The van der Waals surface area contributed by atoms with Gasteiger partial charge in [-0.3, -0.25) is 33.6 Å². The third-order valence-corrected chi connectivity index (χ3v) is 7.44. The highest BCUT2D eigenvalue weighted by molar-refractivity contribution is 7.98. The van der Waals surface area contributed by atoms with E-state index in [1.165, 1.54) is 25.6 Å². The van der Waals surface area contributed by atoms with Crippen molar-refractivity contribution in [1.82, 2.24) is 31.9 Å². The van der Waals surface area contributed by atoms with Gasteiger partial charge in [0.1, 0.15) is 30.2 Å². The van der Waals surface area contributed by atoms with E-state index in [1.807, 2.05) is 6.26 Å². The summed E-state index contributed by atoms with van der Waals surface area (Å²) in [5.74, 6) is -6.11. The average Bonchev–Trinajstić information content (AvgIpc) is 2.97. The van der Waals surface area contributed by atoms with Crippen molar-refractivity contribution < 1.29 is 43.5 Å². The Morgan fingerprint density at radius 3 is 1.74 bits per heavy atom. The average molecular weight is 689 g/mol. The molecule has 0 unspecified atom stereocenters. The Balaban J connectivity index is 5.50. The van der Waals surface area contributed by atoms with E-state index in [-0.39, 0.29) is 25.2 Å². The second-order valence-corrected chi connectivity index (χ2v) is 12.9. The smallest absolute Gasteiger partial charge is 0.326 e. The van der Waals surface area contributed by atoms with Gasteiger partial charge in [0.25, 0.3) is 0 Å². The van der Waals surface area contributed by atoms with E-state index in [9.17, 15) is 43.5 Å². The summed E-state index contributed by atoms with van der Waals surface area (Å²) in [6.45, 7) is 9.03. The van der Waals surface area contributed by atoms with Crippen molar-refractivity contribution in [3.63, 3.8) is 0 Å². The van der Waals surface area contributed by atoms with Crippen LogP contribution in [0.1, 0.15) is 67.2 Å². The number of hydrogen-bond donors (Lipinski definition) is 9. The van der Waals surface area contributed by atoms with Gasteiger partial charge in [-0.05, 0) is 57.0 Å². The van der Waals surface area contributed by atoms with Gasteiger partial charge >= 0.3 is 5.97 Å². The molecule has 11 N–H and O–H groups in total. The van der Waals surface area contributed by atoms with Gasteiger partial charge in [-0.25, -0.2) is 4.79 Å². The van der Waals surface area contributed by atoms with Gasteiger partial charge in [-0.1, -0.05) is 27.7 Å². The summed E-state index contributed by atoms with van der Waals surface area (Å²) >= 11 is 1.51. The molecule has 0 rings (SSSR count). The molecular weight excluding hydrogens is 636 g/mol. The minimum Gasteiger partial charge on any atom is -0.480 e. The fourth-order valence-electron chi connectivity index (χ4n) is 4.03. The van der Waals surface area contributed by atoms with E-state index in [0.717, 1.165) is 0 Å². The minimum atomic E-state index is -1.30. The largest absolute Gasteiger partial charge is 0.480 e. The van der Waals surface area contributed by atoms with Crippen molar-refractivity contribution in [2.75, 3.05) is 18.6 Å². The van der Waals surface area contributed by atoms with Crippen LogP contribution in [-0.2, 0) is 38.4 Å². The number of carbonyl (C=O) groups is 8. The fraction of sp³-hybridized carbons (Fsp3) is 0.724. The lowest BCUT2D eigenvalue weighted by atomic mass is 10.0. The van der Waals surface area contributed by atoms with E-state index in [2.05, 4.69) is 31.9 Å². The number of amides is 7. The van der Waals surface area contributed by atoms with Crippen LogP contribution in [0.2, 0.25) is 0 Å². The first-order chi connectivity index (χ1) is 21.8. The number of carboxylic acid groups (broad SMARTS) is 1. The highest BCUT2D eigenvalue weighted by atomic mass is 32.2. The van der Waals surface area contributed by atoms with Gasteiger partial charge in [0.15, 0.2) is 0 Å².